The molecular formula is C27H23ClF6N2O. The summed E-state index contributed by atoms with van der Waals surface area (Å²) in [4.78, 5) is 13.0. The van der Waals surface area contributed by atoms with Crippen LogP contribution in [0.2, 0.25) is 0 Å². The third kappa shape index (κ3) is 5.83. The van der Waals surface area contributed by atoms with Crippen LogP contribution in [0.1, 0.15) is 27.9 Å². The molecule has 196 valence electrons. The molecule has 0 atom stereocenters. The Morgan fingerprint density at radius 2 is 1.32 bits per heavy atom. The van der Waals surface area contributed by atoms with E-state index in [0.29, 0.717) is 28.6 Å². The molecule has 0 saturated heterocycles. The van der Waals surface area contributed by atoms with Gasteiger partial charge >= 0.3 is 12.4 Å². The summed E-state index contributed by atoms with van der Waals surface area (Å²) in [6, 6.07) is 16.2. The van der Waals surface area contributed by atoms with Gasteiger partial charge in [0.05, 0.1) is 11.1 Å². The molecule has 0 unspecified atom stereocenters. The third-order valence-electron chi connectivity index (χ3n) is 6.11. The quantitative estimate of drug-likeness (QED) is 0.270. The zero-order valence-corrected chi connectivity index (χ0v) is 20.6. The fourth-order valence-electron chi connectivity index (χ4n) is 4.32. The minimum absolute atomic E-state index is 0. The van der Waals surface area contributed by atoms with Gasteiger partial charge in [-0.15, -0.1) is 12.4 Å². The van der Waals surface area contributed by atoms with Gasteiger partial charge in [0.15, 0.2) is 0 Å². The van der Waals surface area contributed by atoms with E-state index in [9.17, 15) is 31.1 Å². The van der Waals surface area contributed by atoms with Crippen LogP contribution in [0.15, 0.2) is 71.5 Å². The highest BCUT2D eigenvalue weighted by Gasteiger charge is 2.36. The average Bonchev–Trinajstić information content (AvgIpc) is 2.82. The number of hydrogen-bond donors (Lipinski definition) is 1. The predicted octanol–water partition coefficient (Wildman–Crippen LogP) is 7.26. The van der Waals surface area contributed by atoms with Crippen LogP contribution in [0.5, 0.6) is 0 Å². The molecule has 3 aromatic carbocycles. The summed E-state index contributed by atoms with van der Waals surface area (Å²) in [5.74, 6) is 0. The maximum absolute atomic E-state index is 13.2. The number of fused-ring (bicyclic) bond motifs is 1. The number of pyridine rings is 1. The van der Waals surface area contributed by atoms with Gasteiger partial charge in [0.25, 0.3) is 5.56 Å². The largest absolute Gasteiger partial charge is 0.416 e. The Labute approximate surface area is 215 Å². The van der Waals surface area contributed by atoms with Gasteiger partial charge in [0, 0.05) is 36.8 Å². The van der Waals surface area contributed by atoms with Gasteiger partial charge in [-0.2, -0.15) is 26.3 Å². The van der Waals surface area contributed by atoms with Crippen molar-refractivity contribution in [3.63, 3.8) is 0 Å². The highest BCUT2D eigenvalue weighted by atomic mass is 35.5. The molecule has 0 aliphatic rings. The second-order valence-electron chi connectivity index (χ2n) is 8.56. The standard InChI is InChI=1S/C27H22F6N2O.ClH/c1-16-7-3-4-8-20(16)24-21-9-5-6-10-22(21)25(36)35(2)23(24)15-34-14-17-11-18(26(28,29)30)13-19(12-17)27(31,32)33;/h3-13,34H,14-15H2,1-2H3;1H. The Bertz CT molecular complexity index is 1460. The first-order valence-corrected chi connectivity index (χ1v) is 11.0. The molecule has 1 N–H and O–H groups in total. The van der Waals surface area contributed by atoms with E-state index >= 15 is 0 Å². The van der Waals surface area contributed by atoms with E-state index in [1.807, 2.05) is 43.3 Å². The number of nitrogens with one attached hydrogen (secondary N) is 1. The molecular weight excluding hydrogens is 518 g/mol. The van der Waals surface area contributed by atoms with Crippen LogP contribution in [0, 0.1) is 6.92 Å². The lowest BCUT2D eigenvalue weighted by molar-refractivity contribution is -0.143. The van der Waals surface area contributed by atoms with Crippen molar-refractivity contribution in [2.75, 3.05) is 0 Å². The molecule has 3 nitrogen and oxygen atoms in total. The van der Waals surface area contributed by atoms with Gasteiger partial charge in [0.2, 0.25) is 0 Å². The zero-order valence-electron chi connectivity index (χ0n) is 19.8. The van der Waals surface area contributed by atoms with E-state index in [2.05, 4.69) is 5.32 Å². The number of benzene rings is 3. The molecule has 1 aromatic heterocycles. The van der Waals surface area contributed by atoms with E-state index in [0.717, 1.165) is 16.7 Å². The summed E-state index contributed by atoms with van der Waals surface area (Å²) >= 11 is 0. The Kier molecular flexibility index (Phi) is 8.09. The summed E-state index contributed by atoms with van der Waals surface area (Å²) in [6.07, 6.45) is -9.84. The highest BCUT2D eigenvalue weighted by Crippen LogP contribution is 2.37. The molecule has 1 heterocycles. The van der Waals surface area contributed by atoms with Crippen molar-refractivity contribution in [3.05, 3.63) is 105 Å². The minimum atomic E-state index is -4.92. The van der Waals surface area contributed by atoms with Crippen LogP contribution < -0.4 is 10.9 Å². The van der Waals surface area contributed by atoms with Crippen LogP contribution in [-0.2, 0) is 32.5 Å². The van der Waals surface area contributed by atoms with Crippen molar-refractivity contribution in [1.82, 2.24) is 9.88 Å². The van der Waals surface area contributed by atoms with Crippen LogP contribution >= 0.6 is 12.4 Å². The molecule has 0 radical (unpaired) electrons. The Hall–Kier alpha value is -3.30. The smallest absolute Gasteiger partial charge is 0.313 e. The maximum atomic E-state index is 13.2. The Morgan fingerprint density at radius 3 is 1.89 bits per heavy atom. The van der Waals surface area contributed by atoms with Gasteiger partial charge in [-0.3, -0.25) is 4.79 Å². The molecule has 10 heteroatoms. The van der Waals surface area contributed by atoms with Crippen LogP contribution in [-0.4, -0.2) is 4.57 Å². The van der Waals surface area contributed by atoms with Gasteiger partial charge in [-0.05, 0) is 53.3 Å². The summed E-state index contributed by atoms with van der Waals surface area (Å²) in [6.45, 7) is 1.70. The van der Waals surface area contributed by atoms with E-state index < -0.39 is 23.5 Å². The van der Waals surface area contributed by atoms with Crippen molar-refractivity contribution in [2.24, 2.45) is 7.05 Å². The summed E-state index contributed by atoms with van der Waals surface area (Å²) < 4.78 is 80.8. The summed E-state index contributed by atoms with van der Waals surface area (Å²) in [5.41, 5.74) is 0.0170. The number of rotatable bonds is 5. The van der Waals surface area contributed by atoms with Gasteiger partial charge < -0.3 is 9.88 Å². The fourth-order valence-corrected chi connectivity index (χ4v) is 4.32. The number of aryl methyl sites for hydroxylation is 1. The molecule has 0 aliphatic carbocycles. The van der Waals surface area contributed by atoms with Gasteiger partial charge in [0.1, 0.15) is 0 Å². The van der Waals surface area contributed by atoms with Crippen molar-refractivity contribution >= 4 is 23.2 Å². The van der Waals surface area contributed by atoms with E-state index in [1.54, 1.807) is 19.2 Å². The predicted molar refractivity (Wildman–Crippen MR) is 134 cm³/mol. The van der Waals surface area contributed by atoms with Crippen molar-refractivity contribution in [1.29, 1.82) is 0 Å². The minimum Gasteiger partial charge on any atom is -0.313 e. The van der Waals surface area contributed by atoms with Crippen LogP contribution in [0.3, 0.4) is 0 Å². The lowest BCUT2D eigenvalue weighted by Gasteiger charge is -2.20. The Balaban J connectivity index is 0.00000380. The lowest BCUT2D eigenvalue weighted by atomic mass is 9.93. The molecule has 4 aromatic rings. The first kappa shape index (κ1) is 28.3. The molecule has 0 bridgehead atoms. The van der Waals surface area contributed by atoms with E-state index in [-0.39, 0.29) is 42.7 Å². The molecule has 37 heavy (non-hydrogen) atoms. The van der Waals surface area contributed by atoms with Crippen LogP contribution in [0.25, 0.3) is 21.9 Å². The second kappa shape index (κ2) is 10.6. The molecule has 0 amide bonds. The van der Waals surface area contributed by atoms with Crippen molar-refractivity contribution in [3.8, 4) is 11.1 Å². The zero-order chi connectivity index (χ0) is 26.3. The average molecular weight is 541 g/mol. The highest BCUT2D eigenvalue weighted by molar-refractivity contribution is 5.98. The number of alkyl halides is 6. The summed E-state index contributed by atoms with van der Waals surface area (Å²) in [5, 5.41) is 4.17. The second-order valence-corrected chi connectivity index (χ2v) is 8.56. The monoisotopic (exact) mass is 540 g/mol. The van der Waals surface area contributed by atoms with Gasteiger partial charge in [-0.1, -0.05) is 42.5 Å². The third-order valence-corrected chi connectivity index (χ3v) is 6.11. The van der Waals surface area contributed by atoms with Crippen molar-refractivity contribution < 1.29 is 26.3 Å². The first-order chi connectivity index (χ1) is 16.9. The molecule has 0 saturated carbocycles. The Morgan fingerprint density at radius 1 is 0.784 bits per heavy atom. The molecule has 0 spiro atoms. The molecule has 0 aliphatic heterocycles. The number of halogens is 7. The molecule has 4 rings (SSSR count). The number of aromatic nitrogens is 1. The van der Waals surface area contributed by atoms with Crippen molar-refractivity contribution in [2.45, 2.75) is 32.4 Å². The summed E-state index contributed by atoms with van der Waals surface area (Å²) in [7, 11) is 1.60. The molecule has 0 fully saturated rings. The van der Waals surface area contributed by atoms with E-state index in [1.165, 1.54) is 4.57 Å². The number of hydrogen-bond acceptors (Lipinski definition) is 2. The fraction of sp³-hybridized carbons (Fsp3) is 0.222. The lowest BCUT2D eigenvalue weighted by Crippen LogP contribution is -2.26. The topological polar surface area (TPSA) is 34.0 Å². The SMILES string of the molecule is Cc1ccccc1-c1c(CNCc2cc(C(F)(F)F)cc(C(F)(F)F)c2)n(C)c(=O)c2ccccc12.Cl. The van der Waals surface area contributed by atoms with Crippen LogP contribution in [0.4, 0.5) is 26.3 Å². The first-order valence-electron chi connectivity index (χ1n) is 11.0. The number of nitrogens with zero attached hydrogens (tertiary/aromatic N) is 1. The normalized spacial score (nSPS) is 12.0. The van der Waals surface area contributed by atoms with Gasteiger partial charge in [-0.25, -0.2) is 0 Å². The van der Waals surface area contributed by atoms with E-state index in [4.69, 9.17) is 0 Å². The maximum Gasteiger partial charge on any atom is 0.416 e.